The van der Waals surface area contributed by atoms with E-state index in [1.807, 2.05) is 31.2 Å². The van der Waals surface area contributed by atoms with E-state index in [2.05, 4.69) is 18.7 Å². The maximum Gasteiger partial charge on any atom is 0.295 e. The Morgan fingerprint density at radius 3 is 2.51 bits per heavy atom. The summed E-state index contributed by atoms with van der Waals surface area (Å²) in [4.78, 5) is 30.2. The highest BCUT2D eigenvalue weighted by Gasteiger charge is 2.46. The molecule has 1 N–H and O–H groups in total. The summed E-state index contributed by atoms with van der Waals surface area (Å²) in [5.74, 6) is 0.141. The Morgan fingerprint density at radius 2 is 1.80 bits per heavy atom. The molecule has 35 heavy (non-hydrogen) atoms. The van der Waals surface area contributed by atoms with Gasteiger partial charge in [-0.25, -0.2) is 0 Å². The van der Waals surface area contributed by atoms with Gasteiger partial charge in [0.1, 0.15) is 24.7 Å². The largest absolute Gasteiger partial charge is 0.507 e. The molecular weight excluding hydrogens is 448 g/mol. The lowest BCUT2D eigenvalue weighted by molar-refractivity contribution is -0.140. The van der Waals surface area contributed by atoms with Crippen molar-refractivity contribution >= 4 is 17.4 Å². The lowest BCUT2D eigenvalue weighted by Crippen LogP contribution is -2.38. The molecule has 2 aliphatic heterocycles. The smallest absolute Gasteiger partial charge is 0.295 e. The van der Waals surface area contributed by atoms with Crippen molar-refractivity contribution in [2.24, 2.45) is 0 Å². The number of amides is 1. The van der Waals surface area contributed by atoms with Gasteiger partial charge in [-0.05, 0) is 55.9 Å². The minimum Gasteiger partial charge on any atom is -0.507 e. The highest BCUT2D eigenvalue weighted by molar-refractivity contribution is 6.46. The first-order valence-electron chi connectivity index (χ1n) is 12.1. The molecule has 1 atom stereocenters. The second-order valence-corrected chi connectivity index (χ2v) is 8.38. The Labute approximate surface area is 205 Å². The number of hydrogen-bond donors (Lipinski definition) is 1. The molecule has 4 rings (SSSR count). The number of aliphatic hydroxyl groups excluding tert-OH is 1. The number of ketones is 1. The summed E-state index contributed by atoms with van der Waals surface area (Å²) < 4.78 is 16.9. The number of hydrogen-bond acceptors (Lipinski definition) is 7. The number of rotatable bonds is 9. The summed E-state index contributed by atoms with van der Waals surface area (Å²) in [6, 6.07) is 11.6. The van der Waals surface area contributed by atoms with Gasteiger partial charge in [0.15, 0.2) is 11.5 Å². The molecule has 8 nitrogen and oxygen atoms in total. The number of nitrogens with zero attached hydrogens (tertiary/aromatic N) is 2. The topological polar surface area (TPSA) is 88.5 Å². The molecule has 0 aromatic heterocycles. The van der Waals surface area contributed by atoms with Crippen LogP contribution in [0.5, 0.6) is 17.2 Å². The van der Waals surface area contributed by atoms with E-state index in [1.54, 1.807) is 23.1 Å². The standard InChI is InChI=1S/C27H32N2O6/c1-4-28(5-2)12-13-29-24(18-8-7-9-20(16-18)33-6-3)23(26(31)27(29)32)25(30)19-10-11-21-22(17-19)35-15-14-34-21/h7-11,16-17,24,30H,4-6,12-15H2,1-3H3/t24-/m0/s1. The Morgan fingerprint density at radius 1 is 1.06 bits per heavy atom. The number of carbonyl (C=O) groups excluding carboxylic acids is 2. The second kappa shape index (κ2) is 10.8. The van der Waals surface area contributed by atoms with Crippen molar-refractivity contribution in [1.29, 1.82) is 0 Å². The van der Waals surface area contributed by atoms with Crippen LogP contribution in [0.15, 0.2) is 48.0 Å². The SMILES string of the molecule is CCOc1cccc([C@H]2C(=C(O)c3ccc4c(c3)OCCO4)C(=O)C(=O)N2CCN(CC)CC)c1. The zero-order valence-electron chi connectivity index (χ0n) is 20.5. The number of fused-ring (bicyclic) bond motifs is 1. The van der Waals surface area contributed by atoms with E-state index in [4.69, 9.17) is 14.2 Å². The fraction of sp³-hybridized carbons (Fsp3) is 0.407. The summed E-state index contributed by atoms with van der Waals surface area (Å²) in [7, 11) is 0. The van der Waals surface area contributed by atoms with E-state index in [0.717, 1.165) is 13.1 Å². The zero-order chi connectivity index (χ0) is 24.9. The molecule has 186 valence electrons. The lowest BCUT2D eigenvalue weighted by atomic mass is 9.95. The highest BCUT2D eigenvalue weighted by Crippen LogP contribution is 2.41. The van der Waals surface area contributed by atoms with Gasteiger partial charge in [0.05, 0.1) is 18.2 Å². The number of ether oxygens (including phenoxy) is 3. The number of likely N-dealkylation sites (N-methyl/N-ethyl adjacent to an activating group) is 1. The molecule has 1 fully saturated rings. The second-order valence-electron chi connectivity index (χ2n) is 8.38. The summed E-state index contributed by atoms with van der Waals surface area (Å²) in [6.07, 6.45) is 0. The summed E-state index contributed by atoms with van der Waals surface area (Å²) in [5.41, 5.74) is 1.15. The Balaban J connectivity index is 1.79. The quantitative estimate of drug-likeness (QED) is 0.333. The molecule has 0 unspecified atom stereocenters. The van der Waals surface area contributed by atoms with Crippen LogP contribution in [0.25, 0.3) is 5.76 Å². The first kappa shape index (κ1) is 24.6. The van der Waals surface area contributed by atoms with Gasteiger partial charge in [-0.3, -0.25) is 9.59 Å². The number of likely N-dealkylation sites (tertiary alicyclic amines) is 1. The van der Waals surface area contributed by atoms with E-state index < -0.39 is 17.7 Å². The molecular formula is C27H32N2O6. The van der Waals surface area contributed by atoms with Crippen LogP contribution in [0.3, 0.4) is 0 Å². The Hall–Kier alpha value is -3.52. The van der Waals surface area contributed by atoms with Gasteiger partial charge in [-0.15, -0.1) is 0 Å². The van der Waals surface area contributed by atoms with E-state index in [9.17, 15) is 14.7 Å². The van der Waals surface area contributed by atoms with E-state index >= 15 is 0 Å². The first-order chi connectivity index (χ1) is 17.0. The third kappa shape index (κ3) is 4.98. The van der Waals surface area contributed by atoms with Crippen LogP contribution >= 0.6 is 0 Å². The van der Waals surface area contributed by atoms with Gasteiger partial charge in [0, 0.05) is 18.7 Å². The van der Waals surface area contributed by atoms with Crippen molar-refractivity contribution in [3.8, 4) is 17.2 Å². The number of Topliss-reactive ketones (excluding diaryl/α,β-unsaturated/α-hetero) is 1. The maximum atomic E-state index is 13.3. The van der Waals surface area contributed by atoms with Crippen molar-refractivity contribution in [1.82, 2.24) is 9.80 Å². The van der Waals surface area contributed by atoms with Gasteiger partial charge in [-0.1, -0.05) is 26.0 Å². The van der Waals surface area contributed by atoms with Crippen LogP contribution in [0.2, 0.25) is 0 Å². The Kier molecular flexibility index (Phi) is 7.60. The zero-order valence-corrected chi connectivity index (χ0v) is 20.5. The normalized spacial score (nSPS) is 18.9. The van der Waals surface area contributed by atoms with E-state index in [-0.39, 0.29) is 11.3 Å². The van der Waals surface area contributed by atoms with E-state index in [0.29, 0.717) is 61.3 Å². The van der Waals surface area contributed by atoms with Gasteiger partial charge < -0.3 is 29.1 Å². The molecule has 2 heterocycles. The van der Waals surface area contributed by atoms with Gasteiger partial charge in [0.25, 0.3) is 11.7 Å². The van der Waals surface area contributed by atoms with Gasteiger partial charge >= 0.3 is 0 Å². The monoisotopic (exact) mass is 480 g/mol. The molecule has 2 aromatic rings. The fourth-order valence-electron chi connectivity index (χ4n) is 4.53. The number of carbonyl (C=O) groups is 2. The number of benzene rings is 2. The first-order valence-corrected chi connectivity index (χ1v) is 12.1. The molecule has 2 aliphatic rings. The lowest BCUT2D eigenvalue weighted by Gasteiger charge is -2.28. The summed E-state index contributed by atoms with van der Waals surface area (Å²) in [5, 5.41) is 11.3. The van der Waals surface area contributed by atoms with Crippen LogP contribution in [0.1, 0.15) is 37.9 Å². The summed E-state index contributed by atoms with van der Waals surface area (Å²) in [6.45, 7) is 9.99. The molecule has 0 bridgehead atoms. The molecule has 2 aromatic carbocycles. The van der Waals surface area contributed by atoms with Crippen LogP contribution in [-0.2, 0) is 9.59 Å². The van der Waals surface area contributed by atoms with Gasteiger partial charge in [-0.2, -0.15) is 0 Å². The van der Waals surface area contributed by atoms with Crippen molar-refractivity contribution < 1.29 is 28.9 Å². The van der Waals surface area contributed by atoms with Gasteiger partial charge in [0.2, 0.25) is 0 Å². The average molecular weight is 481 g/mol. The fourth-order valence-corrected chi connectivity index (χ4v) is 4.53. The maximum absolute atomic E-state index is 13.3. The average Bonchev–Trinajstić information content (AvgIpc) is 3.14. The molecule has 1 amide bonds. The predicted octanol–water partition coefficient (Wildman–Crippen LogP) is 3.62. The molecule has 8 heteroatoms. The summed E-state index contributed by atoms with van der Waals surface area (Å²) >= 11 is 0. The van der Waals surface area contributed by atoms with Crippen molar-refractivity contribution in [3.63, 3.8) is 0 Å². The van der Waals surface area contributed by atoms with Crippen LogP contribution in [0, 0.1) is 0 Å². The predicted molar refractivity (Wildman–Crippen MR) is 132 cm³/mol. The molecule has 0 radical (unpaired) electrons. The molecule has 0 aliphatic carbocycles. The van der Waals surface area contributed by atoms with E-state index in [1.165, 1.54) is 0 Å². The van der Waals surface area contributed by atoms with Crippen LogP contribution in [0.4, 0.5) is 0 Å². The minimum atomic E-state index is -0.737. The highest BCUT2D eigenvalue weighted by atomic mass is 16.6. The third-order valence-electron chi connectivity index (χ3n) is 6.39. The van der Waals surface area contributed by atoms with Crippen molar-refractivity contribution in [2.45, 2.75) is 26.8 Å². The van der Waals surface area contributed by atoms with Crippen LogP contribution < -0.4 is 14.2 Å². The molecule has 1 saturated heterocycles. The Bertz CT molecular complexity index is 1120. The molecule has 0 saturated carbocycles. The van der Waals surface area contributed by atoms with Crippen molar-refractivity contribution in [3.05, 3.63) is 59.2 Å². The molecule has 0 spiro atoms. The third-order valence-corrected chi connectivity index (χ3v) is 6.39. The van der Waals surface area contributed by atoms with Crippen molar-refractivity contribution in [2.75, 3.05) is 46.0 Å². The van der Waals surface area contributed by atoms with Crippen LogP contribution in [-0.4, -0.2) is 72.6 Å². The number of aliphatic hydroxyl groups is 1. The minimum absolute atomic E-state index is 0.0554.